The molecule has 0 aliphatic rings. The summed E-state index contributed by atoms with van der Waals surface area (Å²) in [7, 11) is 1.40. The van der Waals surface area contributed by atoms with E-state index in [4.69, 9.17) is 14.6 Å². The third-order valence-electron chi connectivity index (χ3n) is 3.64. The molecule has 0 spiro atoms. The second-order valence-corrected chi connectivity index (χ2v) is 7.53. The molecule has 2 aromatic rings. The number of carboxylic acid groups (broad SMARTS) is 1. The van der Waals surface area contributed by atoms with E-state index in [2.05, 4.69) is 37.2 Å². The van der Waals surface area contributed by atoms with E-state index in [-0.39, 0.29) is 17.1 Å². The Morgan fingerprint density at radius 3 is 2.41 bits per heavy atom. The zero-order chi connectivity index (χ0) is 21.6. The Morgan fingerprint density at radius 2 is 1.86 bits per heavy atom. The number of aryl methyl sites for hydroxylation is 1. The Balaban J connectivity index is 2.28. The van der Waals surface area contributed by atoms with Crippen molar-refractivity contribution in [3.63, 3.8) is 0 Å². The quantitative estimate of drug-likeness (QED) is 0.407. The molecule has 0 atom stereocenters. The highest BCUT2D eigenvalue weighted by Crippen LogP contribution is 2.33. The largest absolute Gasteiger partial charge is 0.493 e. The lowest BCUT2D eigenvalue weighted by atomic mass is 10.1. The highest BCUT2D eigenvalue weighted by Gasteiger charge is 2.15. The summed E-state index contributed by atoms with van der Waals surface area (Å²) >= 11 is 6.79. The highest BCUT2D eigenvalue weighted by molar-refractivity contribution is 9.11. The normalized spacial score (nSPS) is 10.8. The standard InChI is InChI=1S/C20H16Br2N2O5/c1-11-5-14(21)19(15(22)6-11)24-20(27)13(9-23)7-12-3-4-16(17(8-12)28-2)29-10-18(25)26/h3-8H,10H2,1-2H3,(H,24,27)(H,25,26)/b13-7+. The van der Waals surface area contributed by atoms with Crippen molar-refractivity contribution in [3.8, 4) is 17.6 Å². The third kappa shape index (κ3) is 6.07. The van der Waals surface area contributed by atoms with Crippen molar-refractivity contribution in [1.29, 1.82) is 5.26 Å². The zero-order valence-corrected chi connectivity index (χ0v) is 18.6. The van der Waals surface area contributed by atoms with Crippen LogP contribution in [0.5, 0.6) is 11.5 Å². The number of rotatable bonds is 7. The van der Waals surface area contributed by atoms with Gasteiger partial charge in [-0.05, 0) is 80.3 Å². The van der Waals surface area contributed by atoms with Crippen molar-refractivity contribution in [1.82, 2.24) is 0 Å². The number of carboxylic acids is 1. The zero-order valence-electron chi connectivity index (χ0n) is 15.5. The van der Waals surface area contributed by atoms with Crippen LogP contribution in [0.3, 0.4) is 0 Å². The minimum atomic E-state index is -1.12. The molecule has 150 valence electrons. The van der Waals surface area contributed by atoms with Gasteiger partial charge in [0.1, 0.15) is 11.6 Å². The molecular weight excluding hydrogens is 508 g/mol. The van der Waals surface area contributed by atoms with Crippen molar-refractivity contribution < 1.29 is 24.2 Å². The molecule has 2 N–H and O–H groups in total. The molecule has 2 rings (SSSR count). The molecule has 0 unspecified atom stereocenters. The fourth-order valence-electron chi connectivity index (χ4n) is 2.35. The van der Waals surface area contributed by atoms with Crippen LogP contribution < -0.4 is 14.8 Å². The van der Waals surface area contributed by atoms with E-state index in [1.54, 1.807) is 12.1 Å². The molecule has 0 heterocycles. The van der Waals surface area contributed by atoms with E-state index < -0.39 is 18.5 Å². The Hall–Kier alpha value is -2.83. The van der Waals surface area contributed by atoms with E-state index in [1.807, 2.05) is 25.1 Å². The predicted molar refractivity (Wildman–Crippen MR) is 115 cm³/mol. The van der Waals surface area contributed by atoms with Gasteiger partial charge in [0.05, 0.1) is 12.8 Å². The van der Waals surface area contributed by atoms with Gasteiger partial charge in [0, 0.05) is 8.95 Å². The second-order valence-electron chi connectivity index (χ2n) is 5.82. The lowest BCUT2D eigenvalue weighted by Crippen LogP contribution is -2.14. The number of aliphatic carboxylic acids is 1. The van der Waals surface area contributed by atoms with E-state index in [9.17, 15) is 14.9 Å². The lowest BCUT2D eigenvalue weighted by molar-refractivity contribution is -0.139. The number of methoxy groups -OCH3 is 1. The van der Waals surface area contributed by atoms with Gasteiger partial charge in [-0.2, -0.15) is 5.26 Å². The fourth-order valence-corrected chi connectivity index (χ4v) is 3.96. The van der Waals surface area contributed by atoms with Crippen LogP contribution in [0.4, 0.5) is 5.69 Å². The first-order valence-electron chi connectivity index (χ1n) is 8.16. The van der Waals surface area contributed by atoms with E-state index in [0.29, 0.717) is 20.2 Å². The first-order chi connectivity index (χ1) is 13.7. The highest BCUT2D eigenvalue weighted by atomic mass is 79.9. The number of carbonyl (C=O) groups is 2. The molecule has 0 bridgehead atoms. The van der Waals surface area contributed by atoms with E-state index >= 15 is 0 Å². The lowest BCUT2D eigenvalue weighted by Gasteiger charge is -2.11. The molecule has 0 saturated heterocycles. The van der Waals surface area contributed by atoms with Crippen molar-refractivity contribution in [2.45, 2.75) is 6.92 Å². The third-order valence-corrected chi connectivity index (χ3v) is 4.89. The van der Waals surface area contributed by atoms with Crippen LogP contribution in [0.15, 0.2) is 44.9 Å². The van der Waals surface area contributed by atoms with Gasteiger partial charge in [-0.15, -0.1) is 0 Å². The maximum Gasteiger partial charge on any atom is 0.341 e. The van der Waals surface area contributed by atoms with Gasteiger partial charge >= 0.3 is 5.97 Å². The Morgan fingerprint density at radius 1 is 1.21 bits per heavy atom. The number of nitriles is 1. The Kier molecular flexibility index (Phi) is 7.82. The van der Waals surface area contributed by atoms with Crippen molar-refractivity contribution >= 4 is 55.5 Å². The van der Waals surface area contributed by atoms with Gasteiger partial charge in [-0.25, -0.2) is 4.79 Å². The number of amides is 1. The molecule has 0 fully saturated rings. The summed E-state index contributed by atoms with van der Waals surface area (Å²) in [4.78, 5) is 23.2. The Labute approximate surface area is 184 Å². The van der Waals surface area contributed by atoms with Gasteiger partial charge in [-0.3, -0.25) is 4.79 Å². The first-order valence-corrected chi connectivity index (χ1v) is 9.75. The van der Waals surface area contributed by atoms with Gasteiger partial charge in [0.25, 0.3) is 5.91 Å². The average molecular weight is 524 g/mol. The number of anilines is 1. The summed E-state index contributed by atoms with van der Waals surface area (Å²) in [6.07, 6.45) is 1.40. The molecule has 7 nitrogen and oxygen atoms in total. The summed E-state index contributed by atoms with van der Waals surface area (Å²) in [6, 6.07) is 10.2. The number of hydrogen-bond donors (Lipinski definition) is 2. The van der Waals surface area contributed by atoms with Crippen molar-refractivity contribution in [2.24, 2.45) is 0 Å². The maximum atomic E-state index is 12.6. The number of nitrogens with one attached hydrogen (secondary N) is 1. The molecular formula is C20H16Br2N2O5. The number of nitrogens with zero attached hydrogens (tertiary/aromatic N) is 1. The molecule has 29 heavy (non-hydrogen) atoms. The van der Waals surface area contributed by atoms with Crippen LogP contribution >= 0.6 is 31.9 Å². The monoisotopic (exact) mass is 522 g/mol. The average Bonchev–Trinajstić information content (AvgIpc) is 2.67. The maximum absolute atomic E-state index is 12.6. The summed E-state index contributed by atoms with van der Waals surface area (Å²) in [5.41, 5.74) is 1.90. The van der Waals surface area contributed by atoms with Gasteiger partial charge in [0.2, 0.25) is 0 Å². The first kappa shape index (κ1) is 22.5. The minimum absolute atomic E-state index is 0.120. The van der Waals surface area contributed by atoms with Gasteiger partial charge in [-0.1, -0.05) is 6.07 Å². The van der Waals surface area contributed by atoms with Gasteiger partial charge < -0.3 is 19.9 Å². The van der Waals surface area contributed by atoms with Crippen LogP contribution in [-0.4, -0.2) is 30.7 Å². The van der Waals surface area contributed by atoms with Crippen LogP contribution in [0.25, 0.3) is 6.08 Å². The van der Waals surface area contributed by atoms with E-state index in [0.717, 1.165) is 5.56 Å². The molecule has 0 aliphatic heterocycles. The van der Waals surface area contributed by atoms with Crippen LogP contribution in [0, 0.1) is 18.3 Å². The molecule has 0 aromatic heterocycles. The van der Waals surface area contributed by atoms with Gasteiger partial charge in [0.15, 0.2) is 18.1 Å². The second kappa shape index (κ2) is 10.1. The molecule has 9 heteroatoms. The number of hydrogen-bond acceptors (Lipinski definition) is 5. The molecule has 0 aliphatic carbocycles. The van der Waals surface area contributed by atoms with Crippen LogP contribution in [-0.2, 0) is 9.59 Å². The predicted octanol–water partition coefficient (Wildman–Crippen LogP) is 4.54. The van der Waals surface area contributed by atoms with Crippen molar-refractivity contribution in [2.75, 3.05) is 19.0 Å². The molecule has 0 saturated carbocycles. The number of ether oxygens (including phenoxy) is 2. The summed E-state index contributed by atoms with van der Waals surface area (Å²) in [6.45, 7) is 1.40. The molecule has 2 aromatic carbocycles. The number of halogens is 2. The smallest absolute Gasteiger partial charge is 0.341 e. The van der Waals surface area contributed by atoms with Crippen molar-refractivity contribution in [3.05, 3.63) is 56.0 Å². The Bertz CT molecular complexity index is 1010. The van der Waals surface area contributed by atoms with Crippen LogP contribution in [0.2, 0.25) is 0 Å². The van der Waals surface area contributed by atoms with Crippen LogP contribution in [0.1, 0.15) is 11.1 Å². The topological polar surface area (TPSA) is 109 Å². The fraction of sp³-hybridized carbons (Fsp3) is 0.150. The summed E-state index contributed by atoms with van der Waals surface area (Å²) in [5, 5.41) is 20.8. The summed E-state index contributed by atoms with van der Waals surface area (Å²) in [5.74, 6) is -1.18. The number of benzene rings is 2. The SMILES string of the molecule is COc1cc(/C=C(\C#N)C(=O)Nc2c(Br)cc(C)cc2Br)ccc1OCC(=O)O. The summed E-state index contributed by atoms with van der Waals surface area (Å²) < 4.78 is 11.7. The number of carbonyl (C=O) groups excluding carboxylic acids is 1. The molecule has 0 radical (unpaired) electrons. The molecule has 1 amide bonds. The van der Waals surface area contributed by atoms with E-state index in [1.165, 1.54) is 19.3 Å². The minimum Gasteiger partial charge on any atom is -0.493 e.